The van der Waals surface area contributed by atoms with Crippen LogP contribution in [-0.4, -0.2) is 50.3 Å². The number of benzene rings is 2. The van der Waals surface area contributed by atoms with Crippen LogP contribution in [0.15, 0.2) is 54.6 Å². The van der Waals surface area contributed by atoms with Crippen LogP contribution in [0.1, 0.15) is 18.1 Å². The molecule has 1 heterocycles. The van der Waals surface area contributed by atoms with Crippen molar-refractivity contribution in [1.82, 2.24) is 10.2 Å². The van der Waals surface area contributed by atoms with Crippen molar-refractivity contribution in [2.75, 3.05) is 39.5 Å². The maximum atomic E-state index is 12.6. The second-order valence-corrected chi connectivity index (χ2v) is 7.20. The number of nitrogens with two attached hydrogens (primary N) is 1. The van der Waals surface area contributed by atoms with Crippen LogP contribution in [0.3, 0.4) is 0 Å². The Balaban J connectivity index is 1.49. The van der Waals surface area contributed by atoms with E-state index in [1.165, 1.54) is 0 Å². The molecule has 2 aromatic carbocycles. The topological polar surface area (TPSA) is 76.8 Å². The number of ether oxygens (including phenoxy) is 2. The van der Waals surface area contributed by atoms with Crippen LogP contribution >= 0.6 is 0 Å². The van der Waals surface area contributed by atoms with Gasteiger partial charge in [0, 0.05) is 26.2 Å². The molecule has 1 unspecified atom stereocenters. The summed E-state index contributed by atoms with van der Waals surface area (Å²) in [6.45, 7) is 7.12. The fourth-order valence-corrected chi connectivity index (χ4v) is 3.14. The summed E-state index contributed by atoms with van der Waals surface area (Å²) in [5, 5.41) is 2.93. The van der Waals surface area contributed by atoms with Crippen LogP contribution in [0.2, 0.25) is 0 Å². The minimum absolute atomic E-state index is 0.211. The Bertz CT molecular complexity index is 759. The molecule has 1 aliphatic rings. The summed E-state index contributed by atoms with van der Waals surface area (Å²) in [6, 6.07) is 17.2. The van der Waals surface area contributed by atoms with Gasteiger partial charge in [0.2, 0.25) is 5.91 Å². The molecule has 6 heteroatoms. The van der Waals surface area contributed by atoms with Crippen molar-refractivity contribution in [2.24, 2.45) is 5.73 Å². The van der Waals surface area contributed by atoms with Crippen molar-refractivity contribution in [2.45, 2.75) is 19.0 Å². The number of hydrogen-bond acceptors (Lipinski definition) is 5. The molecule has 0 radical (unpaired) electrons. The first kappa shape index (κ1) is 20.3. The lowest BCUT2D eigenvalue weighted by molar-refractivity contribution is -0.126. The van der Waals surface area contributed by atoms with Gasteiger partial charge in [0.15, 0.2) is 0 Å². The predicted molar refractivity (Wildman–Crippen MR) is 109 cm³/mol. The fraction of sp³-hybridized carbons (Fsp3) is 0.409. The molecule has 0 saturated carbocycles. The first-order valence-corrected chi connectivity index (χ1v) is 9.70. The summed E-state index contributed by atoms with van der Waals surface area (Å²) in [4.78, 5) is 14.9. The number of hydrogen-bond donors (Lipinski definition) is 2. The standard InChI is InChI=1S/C22H29N3O3/c1-22(23,19-7-3-2-4-8-19)21(26)24-17-18-6-5-9-20(16-18)28-15-12-25-10-13-27-14-11-25/h2-9,16H,10-15,17,23H2,1H3,(H,24,26). The van der Waals surface area contributed by atoms with Crippen LogP contribution in [0.4, 0.5) is 0 Å². The van der Waals surface area contributed by atoms with Gasteiger partial charge in [-0.2, -0.15) is 0 Å². The first-order valence-electron chi connectivity index (χ1n) is 9.70. The highest BCUT2D eigenvalue weighted by Gasteiger charge is 2.29. The molecule has 1 aliphatic heterocycles. The van der Waals surface area contributed by atoms with E-state index >= 15 is 0 Å². The molecular formula is C22H29N3O3. The third kappa shape index (κ3) is 5.55. The normalized spacial score (nSPS) is 16.9. The molecule has 3 rings (SSSR count). The minimum atomic E-state index is -1.08. The molecule has 2 aromatic rings. The summed E-state index contributed by atoms with van der Waals surface area (Å²) >= 11 is 0. The van der Waals surface area contributed by atoms with Gasteiger partial charge in [0.25, 0.3) is 0 Å². The minimum Gasteiger partial charge on any atom is -0.492 e. The molecule has 0 bridgehead atoms. The molecule has 1 atom stereocenters. The third-order valence-electron chi connectivity index (χ3n) is 4.98. The number of amides is 1. The van der Waals surface area contributed by atoms with Crippen molar-refractivity contribution < 1.29 is 14.3 Å². The van der Waals surface area contributed by atoms with E-state index in [-0.39, 0.29) is 5.91 Å². The molecule has 1 fully saturated rings. The van der Waals surface area contributed by atoms with Gasteiger partial charge in [-0.05, 0) is 30.2 Å². The molecule has 6 nitrogen and oxygen atoms in total. The van der Waals surface area contributed by atoms with E-state index in [2.05, 4.69) is 10.2 Å². The van der Waals surface area contributed by atoms with Gasteiger partial charge < -0.3 is 20.5 Å². The van der Waals surface area contributed by atoms with Gasteiger partial charge in [-0.1, -0.05) is 42.5 Å². The van der Waals surface area contributed by atoms with E-state index in [9.17, 15) is 4.79 Å². The Hall–Kier alpha value is -2.41. The van der Waals surface area contributed by atoms with E-state index in [1.807, 2.05) is 54.6 Å². The zero-order chi connectivity index (χ0) is 19.8. The SMILES string of the molecule is CC(N)(C(=O)NCc1cccc(OCCN2CCOCC2)c1)c1ccccc1. The van der Waals surface area contributed by atoms with Crippen molar-refractivity contribution >= 4 is 5.91 Å². The van der Waals surface area contributed by atoms with Crippen LogP contribution in [0.5, 0.6) is 5.75 Å². The Labute approximate surface area is 166 Å². The van der Waals surface area contributed by atoms with Gasteiger partial charge in [-0.15, -0.1) is 0 Å². The lowest BCUT2D eigenvalue weighted by Crippen LogP contribution is -2.48. The summed E-state index contributed by atoms with van der Waals surface area (Å²) in [6.07, 6.45) is 0. The van der Waals surface area contributed by atoms with E-state index in [4.69, 9.17) is 15.2 Å². The van der Waals surface area contributed by atoms with Gasteiger partial charge in [0.1, 0.15) is 17.9 Å². The maximum absolute atomic E-state index is 12.6. The first-order chi connectivity index (χ1) is 13.6. The molecule has 150 valence electrons. The molecular weight excluding hydrogens is 354 g/mol. The summed E-state index contributed by atoms with van der Waals surface area (Å²) in [5.41, 5.74) is 6.94. The lowest BCUT2D eigenvalue weighted by atomic mass is 9.92. The summed E-state index contributed by atoms with van der Waals surface area (Å²) in [5.74, 6) is 0.593. The highest BCUT2D eigenvalue weighted by Crippen LogP contribution is 2.18. The number of carbonyl (C=O) groups is 1. The van der Waals surface area contributed by atoms with Gasteiger partial charge in [0.05, 0.1) is 13.2 Å². The molecule has 0 spiro atoms. The average molecular weight is 383 g/mol. The summed E-state index contributed by atoms with van der Waals surface area (Å²) < 4.78 is 11.2. The van der Waals surface area contributed by atoms with E-state index in [0.717, 1.165) is 49.7 Å². The van der Waals surface area contributed by atoms with Gasteiger partial charge in [-0.3, -0.25) is 9.69 Å². The Morgan fingerprint density at radius 1 is 1.18 bits per heavy atom. The molecule has 0 aliphatic carbocycles. The second-order valence-electron chi connectivity index (χ2n) is 7.20. The zero-order valence-corrected chi connectivity index (χ0v) is 16.4. The monoisotopic (exact) mass is 383 g/mol. The number of carbonyl (C=O) groups excluding carboxylic acids is 1. The van der Waals surface area contributed by atoms with Crippen molar-refractivity contribution in [1.29, 1.82) is 0 Å². The van der Waals surface area contributed by atoms with Crippen LogP contribution in [0, 0.1) is 0 Å². The highest BCUT2D eigenvalue weighted by atomic mass is 16.5. The number of rotatable bonds is 8. The quantitative estimate of drug-likeness (QED) is 0.728. The third-order valence-corrected chi connectivity index (χ3v) is 4.98. The van der Waals surface area contributed by atoms with Crippen molar-refractivity contribution in [3.8, 4) is 5.75 Å². The Kier molecular flexibility index (Phi) is 7.03. The Morgan fingerprint density at radius 2 is 1.93 bits per heavy atom. The predicted octanol–water partition coefficient (Wildman–Crippen LogP) is 1.89. The average Bonchev–Trinajstić information content (AvgIpc) is 2.74. The number of nitrogens with one attached hydrogen (secondary N) is 1. The largest absolute Gasteiger partial charge is 0.492 e. The van der Waals surface area contributed by atoms with E-state index in [1.54, 1.807) is 6.92 Å². The number of morpholine rings is 1. The molecule has 3 N–H and O–H groups in total. The van der Waals surface area contributed by atoms with Crippen LogP contribution < -0.4 is 15.8 Å². The Morgan fingerprint density at radius 3 is 2.68 bits per heavy atom. The van der Waals surface area contributed by atoms with Crippen LogP contribution in [-0.2, 0) is 21.6 Å². The number of nitrogens with zero attached hydrogens (tertiary/aromatic N) is 1. The van der Waals surface area contributed by atoms with Crippen molar-refractivity contribution in [3.63, 3.8) is 0 Å². The smallest absolute Gasteiger partial charge is 0.244 e. The highest BCUT2D eigenvalue weighted by molar-refractivity contribution is 5.86. The van der Waals surface area contributed by atoms with E-state index in [0.29, 0.717) is 13.2 Å². The van der Waals surface area contributed by atoms with E-state index < -0.39 is 5.54 Å². The fourth-order valence-electron chi connectivity index (χ4n) is 3.14. The second kappa shape index (κ2) is 9.68. The lowest BCUT2D eigenvalue weighted by Gasteiger charge is -2.26. The zero-order valence-electron chi connectivity index (χ0n) is 16.4. The molecule has 1 saturated heterocycles. The maximum Gasteiger partial charge on any atom is 0.244 e. The summed E-state index contributed by atoms with van der Waals surface area (Å²) in [7, 11) is 0. The van der Waals surface area contributed by atoms with Crippen molar-refractivity contribution in [3.05, 3.63) is 65.7 Å². The van der Waals surface area contributed by atoms with Gasteiger partial charge in [-0.25, -0.2) is 0 Å². The van der Waals surface area contributed by atoms with Gasteiger partial charge >= 0.3 is 0 Å². The molecule has 1 amide bonds. The molecule has 28 heavy (non-hydrogen) atoms. The van der Waals surface area contributed by atoms with Crippen LogP contribution in [0.25, 0.3) is 0 Å². The molecule has 0 aromatic heterocycles.